The minimum atomic E-state index is -0.209. The molecule has 0 atom stereocenters. The lowest BCUT2D eigenvalue weighted by Gasteiger charge is -2.10. The second-order valence-electron chi connectivity index (χ2n) is 4.96. The first-order valence-electron chi connectivity index (χ1n) is 6.89. The van der Waals surface area contributed by atoms with Crippen molar-refractivity contribution in [3.8, 4) is 5.75 Å². The smallest absolute Gasteiger partial charge is 0.344 e. The van der Waals surface area contributed by atoms with Gasteiger partial charge in [0, 0.05) is 22.7 Å². The van der Waals surface area contributed by atoms with Gasteiger partial charge >= 0.3 is 5.69 Å². The Hall–Kier alpha value is -1.89. The van der Waals surface area contributed by atoms with Crippen molar-refractivity contribution in [2.75, 3.05) is 12.3 Å². The van der Waals surface area contributed by atoms with Gasteiger partial charge in [-0.05, 0) is 44.2 Å². The first-order valence-corrected chi connectivity index (χ1v) is 7.71. The van der Waals surface area contributed by atoms with Crippen LogP contribution in [0.15, 0.2) is 33.0 Å². The SMILES string of the molecule is CCCOc1cc(N)cc(Sc2n[nH]c(=O)n2C(C)C)c1. The van der Waals surface area contributed by atoms with E-state index in [4.69, 9.17) is 10.5 Å². The van der Waals surface area contributed by atoms with Gasteiger partial charge in [0.25, 0.3) is 0 Å². The van der Waals surface area contributed by atoms with Crippen molar-refractivity contribution in [2.24, 2.45) is 0 Å². The average Bonchev–Trinajstić information content (AvgIpc) is 2.76. The molecule has 0 spiro atoms. The third kappa shape index (κ3) is 3.81. The number of nitrogen functional groups attached to an aromatic ring is 1. The van der Waals surface area contributed by atoms with Crippen LogP contribution in [0.25, 0.3) is 0 Å². The Morgan fingerprint density at radius 2 is 2.19 bits per heavy atom. The summed E-state index contributed by atoms with van der Waals surface area (Å²) < 4.78 is 7.22. The van der Waals surface area contributed by atoms with Crippen LogP contribution in [0.4, 0.5) is 5.69 Å². The van der Waals surface area contributed by atoms with Crippen molar-refractivity contribution in [3.63, 3.8) is 0 Å². The maximum atomic E-state index is 11.7. The van der Waals surface area contributed by atoms with E-state index in [-0.39, 0.29) is 11.7 Å². The summed E-state index contributed by atoms with van der Waals surface area (Å²) >= 11 is 1.39. The molecule has 0 saturated carbocycles. The molecule has 21 heavy (non-hydrogen) atoms. The molecule has 0 saturated heterocycles. The van der Waals surface area contributed by atoms with E-state index >= 15 is 0 Å². The Kier molecular flexibility index (Phi) is 4.95. The highest BCUT2D eigenvalue weighted by atomic mass is 32.2. The van der Waals surface area contributed by atoms with Crippen LogP contribution in [0, 0.1) is 0 Å². The molecule has 7 heteroatoms. The number of benzene rings is 1. The molecule has 0 amide bonds. The van der Waals surface area contributed by atoms with Gasteiger partial charge in [0.05, 0.1) is 6.61 Å². The largest absolute Gasteiger partial charge is 0.493 e. The van der Waals surface area contributed by atoms with E-state index in [1.165, 1.54) is 11.8 Å². The Morgan fingerprint density at radius 3 is 2.86 bits per heavy atom. The van der Waals surface area contributed by atoms with Crippen LogP contribution in [0.2, 0.25) is 0 Å². The maximum Gasteiger partial charge on any atom is 0.344 e. The van der Waals surface area contributed by atoms with Gasteiger partial charge in [0.2, 0.25) is 0 Å². The number of nitrogens with two attached hydrogens (primary N) is 1. The van der Waals surface area contributed by atoms with Gasteiger partial charge in [-0.2, -0.15) is 0 Å². The zero-order valence-electron chi connectivity index (χ0n) is 12.4. The Labute approximate surface area is 127 Å². The third-order valence-electron chi connectivity index (χ3n) is 2.77. The monoisotopic (exact) mass is 308 g/mol. The quantitative estimate of drug-likeness (QED) is 0.801. The molecule has 0 unspecified atom stereocenters. The highest BCUT2D eigenvalue weighted by molar-refractivity contribution is 7.99. The van der Waals surface area contributed by atoms with Crippen LogP contribution >= 0.6 is 11.8 Å². The fourth-order valence-electron chi connectivity index (χ4n) is 1.88. The molecule has 1 aromatic heterocycles. The van der Waals surface area contributed by atoms with Crippen molar-refractivity contribution in [1.82, 2.24) is 14.8 Å². The number of rotatable bonds is 6. The number of aromatic nitrogens is 3. The first-order chi connectivity index (χ1) is 10.0. The molecule has 0 aliphatic carbocycles. The van der Waals surface area contributed by atoms with E-state index in [0.29, 0.717) is 17.5 Å². The van der Waals surface area contributed by atoms with E-state index in [2.05, 4.69) is 10.2 Å². The fourth-order valence-corrected chi connectivity index (χ4v) is 2.94. The summed E-state index contributed by atoms with van der Waals surface area (Å²) in [5.74, 6) is 0.730. The van der Waals surface area contributed by atoms with Crippen LogP contribution < -0.4 is 16.2 Å². The van der Waals surface area contributed by atoms with Crippen LogP contribution in [-0.4, -0.2) is 21.4 Å². The minimum absolute atomic E-state index is 0.0376. The van der Waals surface area contributed by atoms with Gasteiger partial charge in [-0.25, -0.2) is 9.89 Å². The number of aromatic amines is 1. The summed E-state index contributed by atoms with van der Waals surface area (Å²) in [5.41, 5.74) is 6.31. The van der Waals surface area contributed by atoms with Crippen LogP contribution in [-0.2, 0) is 0 Å². The molecule has 2 aromatic rings. The van der Waals surface area contributed by atoms with Crippen molar-refractivity contribution < 1.29 is 4.74 Å². The molecule has 1 aromatic carbocycles. The molecule has 6 nitrogen and oxygen atoms in total. The number of hydrogen-bond acceptors (Lipinski definition) is 5. The number of nitrogens with zero attached hydrogens (tertiary/aromatic N) is 2. The lowest BCUT2D eigenvalue weighted by atomic mass is 10.3. The standard InChI is InChI=1S/C14H20N4O2S/c1-4-5-20-11-6-10(15)7-12(8-11)21-14-17-16-13(19)18(14)9(2)3/h6-9H,4-5,15H2,1-3H3,(H,16,19). The van der Waals surface area contributed by atoms with Crippen molar-refractivity contribution in [3.05, 3.63) is 28.7 Å². The van der Waals surface area contributed by atoms with Gasteiger partial charge in [-0.15, -0.1) is 5.10 Å². The summed E-state index contributed by atoms with van der Waals surface area (Å²) in [5, 5.41) is 7.15. The van der Waals surface area contributed by atoms with E-state index < -0.39 is 0 Å². The highest BCUT2D eigenvalue weighted by Crippen LogP contribution is 2.31. The fraction of sp³-hybridized carbons (Fsp3) is 0.429. The second kappa shape index (κ2) is 6.71. The van der Waals surface area contributed by atoms with Gasteiger partial charge in [0.1, 0.15) is 5.75 Å². The summed E-state index contributed by atoms with van der Waals surface area (Å²) in [6, 6.07) is 5.57. The molecule has 0 bridgehead atoms. The number of H-pyrrole nitrogens is 1. The zero-order chi connectivity index (χ0) is 15.4. The van der Waals surface area contributed by atoms with Gasteiger partial charge in [-0.3, -0.25) is 4.57 Å². The number of nitrogens with one attached hydrogen (secondary N) is 1. The lowest BCUT2D eigenvalue weighted by Crippen LogP contribution is -2.19. The van der Waals surface area contributed by atoms with E-state index in [1.54, 1.807) is 10.6 Å². The van der Waals surface area contributed by atoms with Gasteiger partial charge < -0.3 is 10.5 Å². The highest BCUT2D eigenvalue weighted by Gasteiger charge is 2.13. The van der Waals surface area contributed by atoms with Crippen molar-refractivity contribution in [2.45, 2.75) is 43.3 Å². The summed E-state index contributed by atoms with van der Waals surface area (Å²) in [6.07, 6.45) is 0.934. The number of ether oxygens (including phenoxy) is 1. The Morgan fingerprint density at radius 1 is 1.43 bits per heavy atom. The molecule has 0 radical (unpaired) electrons. The number of anilines is 1. The second-order valence-corrected chi connectivity index (χ2v) is 6.00. The maximum absolute atomic E-state index is 11.7. The summed E-state index contributed by atoms with van der Waals surface area (Å²) in [4.78, 5) is 12.6. The normalized spacial score (nSPS) is 11.0. The molecular weight excluding hydrogens is 288 g/mol. The van der Waals surface area contributed by atoms with E-state index in [0.717, 1.165) is 17.1 Å². The van der Waals surface area contributed by atoms with Crippen LogP contribution in [0.5, 0.6) is 5.75 Å². The first kappa shape index (κ1) is 15.5. The zero-order valence-corrected chi connectivity index (χ0v) is 13.2. The van der Waals surface area contributed by atoms with Crippen LogP contribution in [0.1, 0.15) is 33.2 Å². The van der Waals surface area contributed by atoms with Crippen molar-refractivity contribution in [1.29, 1.82) is 0 Å². The Bertz CT molecular complexity index is 663. The van der Waals surface area contributed by atoms with Gasteiger partial charge in [-0.1, -0.05) is 6.92 Å². The van der Waals surface area contributed by atoms with E-state index in [1.807, 2.05) is 32.9 Å². The average molecular weight is 308 g/mol. The third-order valence-corrected chi connectivity index (χ3v) is 3.71. The van der Waals surface area contributed by atoms with E-state index in [9.17, 15) is 4.79 Å². The van der Waals surface area contributed by atoms with Crippen molar-refractivity contribution >= 4 is 17.4 Å². The molecule has 3 N–H and O–H groups in total. The molecule has 114 valence electrons. The van der Waals surface area contributed by atoms with Gasteiger partial charge in [0.15, 0.2) is 5.16 Å². The van der Waals surface area contributed by atoms with Crippen LogP contribution in [0.3, 0.4) is 0 Å². The molecule has 2 rings (SSSR count). The summed E-state index contributed by atoms with van der Waals surface area (Å²) in [7, 11) is 0. The topological polar surface area (TPSA) is 85.9 Å². The molecule has 0 fully saturated rings. The lowest BCUT2D eigenvalue weighted by molar-refractivity contribution is 0.317. The Balaban J connectivity index is 2.27. The molecular formula is C14H20N4O2S. The molecule has 1 heterocycles. The molecule has 0 aliphatic heterocycles. The molecule has 0 aliphatic rings. The number of hydrogen-bond donors (Lipinski definition) is 2. The summed E-state index contributed by atoms with van der Waals surface area (Å²) in [6.45, 7) is 6.58. The predicted molar refractivity (Wildman–Crippen MR) is 84.0 cm³/mol. The minimum Gasteiger partial charge on any atom is -0.493 e. The predicted octanol–water partition coefficient (Wildman–Crippen LogP) is 2.67.